The van der Waals surface area contributed by atoms with Crippen LogP contribution in [0.4, 0.5) is 0 Å². The molecule has 2 unspecified atom stereocenters. The predicted molar refractivity (Wildman–Crippen MR) is 398 cm³/mol. The number of likely N-dealkylation sites (N-methyl/N-ethyl adjacent to an activating group) is 1. The van der Waals surface area contributed by atoms with Gasteiger partial charge in [0.1, 0.15) is 19.8 Å². The van der Waals surface area contributed by atoms with Gasteiger partial charge in [-0.05, 0) is 148 Å². The minimum atomic E-state index is -4.42. The Kier molecular flexibility index (Phi) is 65.8. The van der Waals surface area contributed by atoms with E-state index in [0.29, 0.717) is 23.9 Å². The highest BCUT2D eigenvalue weighted by molar-refractivity contribution is 7.47. The predicted octanol–water partition coefficient (Wildman–Crippen LogP) is 23.8. The third kappa shape index (κ3) is 73.6. The maximum atomic E-state index is 12.9. The highest BCUT2D eigenvalue weighted by Crippen LogP contribution is 2.43. The van der Waals surface area contributed by atoms with Crippen molar-refractivity contribution in [2.24, 2.45) is 0 Å². The molecule has 0 saturated heterocycles. The van der Waals surface area contributed by atoms with Crippen molar-refractivity contribution in [2.75, 3.05) is 47.5 Å². The average Bonchev–Trinajstić information content (AvgIpc) is 2.23. The van der Waals surface area contributed by atoms with Crippen molar-refractivity contribution in [3.05, 3.63) is 207 Å². The molecule has 0 spiro atoms. The van der Waals surface area contributed by atoms with Crippen molar-refractivity contribution in [3.63, 3.8) is 0 Å². The van der Waals surface area contributed by atoms with Crippen LogP contribution in [0.5, 0.6) is 0 Å². The third-order valence-electron chi connectivity index (χ3n) is 14.3. The lowest BCUT2D eigenvalue weighted by atomic mass is 10.0. The first kappa shape index (κ1) is 86.6. The lowest BCUT2D eigenvalue weighted by molar-refractivity contribution is -0.870. The molecule has 0 radical (unpaired) electrons. The average molecular weight is 1290 g/mol. The summed E-state index contributed by atoms with van der Waals surface area (Å²) in [5.74, 6) is -0.863. The van der Waals surface area contributed by atoms with E-state index in [1.165, 1.54) is 64.2 Å². The number of hydrogen-bond donors (Lipinski definition) is 1. The molecule has 0 aliphatic carbocycles. The van der Waals surface area contributed by atoms with Gasteiger partial charge in [0.15, 0.2) is 6.10 Å². The lowest BCUT2D eigenvalue weighted by Crippen LogP contribution is -2.37. The molecule has 516 valence electrons. The number of rotatable bonds is 63. The summed E-state index contributed by atoms with van der Waals surface area (Å²) in [6, 6.07) is 0. The van der Waals surface area contributed by atoms with Crippen molar-refractivity contribution in [1.29, 1.82) is 0 Å². The fourth-order valence-electron chi connectivity index (χ4n) is 8.91. The van der Waals surface area contributed by atoms with Gasteiger partial charge in [-0.25, -0.2) is 4.57 Å². The number of ether oxygens (including phenoxy) is 2. The van der Waals surface area contributed by atoms with Crippen LogP contribution in [0.1, 0.15) is 245 Å². The highest BCUT2D eigenvalue weighted by Gasteiger charge is 2.27. The van der Waals surface area contributed by atoms with E-state index in [1.54, 1.807) is 0 Å². The number of carbonyl (C=O) groups excluding carboxylic acids is 2. The minimum absolute atomic E-state index is 0.0135. The second kappa shape index (κ2) is 69.9. The quantitative estimate of drug-likeness (QED) is 0.0211. The van der Waals surface area contributed by atoms with E-state index in [4.69, 9.17) is 18.5 Å². The molecule has 10 heteroatoms. The van der Waals surface area contributed by atoms with Crippen molar-refractivity contribution in [2.45, 2.75) is 251 Å². The molecule has 92 heavy (non-hydrogen) atoms. The molecule has 2 atom stereocenters. The molecule has 0 aromatic rings. The zero-order valence-electron chi connectivity index (χ0n) is 58.7. The van der Waals surface area contributed by atoms with Gasteiger partial charge in [-0.3, -0.25) is 18.6 Å². The standard InChI is InChI=1S/C82H130NO8P/c1-6-8-10-12-14-16-18-20-22-24-26-28-30-32-34-35-36-37-38-39-40-41-42-43-44-45-46-47-49-51-53-55-57-59-61-63-65-67-69-71-73-75-82(85)91-80(79-90-92(86,87)89-77-76-83(3,4)5)78-88-81(84)74-72-70-68-66-64-62-60-58-56-54-52-50-48-33-31-29-27-25-23-21-19-17-15-13-11-9-7-2/h8-11,14-17,20-23,26-29,32-34,36-37,39-40,42-43,45-46,48,52,54,58,60,64,66,80H,6-7,12-13,18-19,24-25,30-31,35,38,41,44,47,49-51,53,55-57,59,61-63,65,67-79H2,1-5H3/p+1/b10-8-,11-9-,16-14-,17-15-,22-20-,23-21-,28-26-,29-27-,34-32-,37-36-,40-39-,43-42-,46-45-,48-33-,54-52-,60-58-,66-64-. The summed E-state index contributed by atoms with van der Waals surface area (Å²) in [5.41, 5.74) is 0. The van der Waals surface area contributed by atoms with Gasteiger partial charge in [0.25, 0.3) is 0 Å². The van der Waals surface area contributed by atoms with E-state index in [1.807, 2.05) is 21.1 Å². The Bertz CT molecular complexity index is 2310. The second-order valence-electron chi connectivity index (χ2n) is 24.2. The number of nitrogens with zero attached hydrogens (tertiary/aromatic N) is 1. The number of quaternary nitrogens is 1. The van der Waals surface area contributed by atoms with Crippen LogP contribution in [-0.4, -0.2) is 74.9 Å². The maximum absolute atomic E-state index is 12.9. The van der Waals surface area contributed by atoms with Crippen LogP contribution in [0.2, 0.25) is 0 Å². The number of phosphoric acid groups is 1. The molecule has 0 rings (SSSR count). The zero-order valence-corrected chi connectivity index (χ0v) is 59.6. The Morgan fingerprint density at radius 1 is 0.337 bits per heavy atom. The normalized spacial score (nSPS) is 14.4. The number of carbonyl (C=O) groups is 2. The molecule has 9 nitrogen and oxygen atoms in total. The fraction of sp³-hybridized carbons (Fsp3) is 0.561. The molecular weight excluding hydrogens is 1160 g/mol. The Morgan fingerprint density at radius 2 is 0.587 bits per heavy atom. The Balaban J connectivity index is 4.15. The minimum Gasteiger partial charge on any atom is -0.462 e. The third-order valence-corrected chi connectivity index (χ3v) is 15.3. The van der Waals surface area contributed by atoms with Gasteiger partial charge in [0, 0.05) is 12.8 Å². The van der Waals surface area contributed by atoms with Crippen molar-refractivity contribution in [3.8, 4) is 0 Å². The Hall–Kier alpha value is -5.41. The topological polar surface area (TPSA) is 108 Å². The first-order valence-corrected chi connectivity index (χ1v) is 37.3. The van der Waals surface area contributed by atoms with Crippen LogP contribution in [0.15, 0.2) is 207 Å². The molecule has 0 fully saturated rings. The monoisotopic (exact) mass is 1290 g/mol. The molecule has 0 amide bonds. The lowest BCUT2D eigenvalue weighted by Gasteiger charge is -2.24. The first-order valence-electron chi connectivity index (χ1n) is 35.8. The van der Waals surface area contributed by atoms with E-state index < -0.39 is 32.5 Å². The van der Waals surface area contributed by atoms with E-state index in [0.717, 1.165) is 141 Å². The van der Waals surface area contributed by atoms with Crippen molar-refractivity contribution < 1.29 is 42.1 Å². The summed E-state index contributed by atoms with van der Waals surface area (Å²) in [7, 11) is 1.43. The van der Waals surface area contributed by atoms with Gasteiger partial charge < -0.3 is 18.9 Å². The summed E-state index contributed by atoms with van der Waals surface area (Å²) in [5, 5.41) is 0. The van der Waals surface area contributed by atoms with Crippen LogP contribution in [0.25, 0.3) is 0 Å². The Labute approximate surface area is 564 Å². The molecule has 0 aliphatic rings. The molecule has 0 aromatic heterocycles. The molecular formula is C82H131NO8P+. The van der Waals surface area contributed by atoms with E-state index >= 15 is 0 Å². The van der Waals surface area contributed by atoms with Crippen molar-refractivity contribution in [1.82, 2.24) is 0 Å². The molecule has 0 aliphatic heterocycles. The van der Waals surface area contributed by atoms with Crippen LogP contribution in [0.3, 0.4) is 0 Å². The van der Waals surface area contributed by atoms with Gasteiger partial charge in [-0.1, -0.05) is 291 Å². The molecule has 0 bridgehead atoms. The highest BCUT2D eigenvalue weighted by atomic mass is 31.2. The van der Waals surface area contributed by atoms with Gasteiger partial charge >= 0.3 is 19.8 Å². The smallest absolute Gasteiger partial charge is 0.462 e. The van der Waals surface area contributed by atoms with Crippen LogP contribution in [-0.2, 0) is 32.7 Å². The first-order chi connectivity index (χ1) is 45.0. The van der Waals surface area contributed by atoms with Gasteiger partial charge in [0.2, 0.25) is 0 Å². The molecule has 0 aromatic carbocycles. The second-order valence-corrected chi connectivity index (χ2v) is 25.6. The maximum Gasteiger partial charge on any atom is 0.472 e. The molecule has 0 heterocycles. The number of hydrogen-bond acceptors (Lipinski definition) is 7. The number of allylic oxidation sites excluding steroid dienone is 34. The number of unbranched alkanes of at least 4 members (excludes halogenated alkanes) is 15. The molecule has 0 saturated carbocycles. The summed E-state index contributed by atoms with van der Waals surface area (Å²) < 4.78 is 34.7. The van der Waals surface area contributed by atoms with E-state index in [9.17, 15) is 19.0 Å². The number of esters is 2. The van der Waals surface area contributed by atoms with Crippen LogP contribution in [0, 0.1) is 0 Å². The van der Waals surface area contributed by atoms with Crippen LogP contribution >= 0.6 is 7.82 Å². The van der Waals surface area contributed by atoms with Gasteiger partial charge in [0.05, 0.1) is 27.7 Å². The van der Waals surface area contributed by atoms with E-state index in [2.05, 4.69) is 220 Å². The summed E-state index contributed by atoms with van der Waals surface area (Å²) in [6.07, 6.45) is 111. The Morgan fingerprint density at radius 3 is 0.891 bits per heavy atom. The largest absolute Gasteiger partial charge is 0.472 e. The molecule has 1 N–H and O–H groups in total. The summed E-state index contributed by atoms with van der Waals surface area (Å²) in [4.78, 5) is 35.9. The summed E-state index contributed by atoms with van der Waals surface area (Å²) >= 11 is 0. The van der Waals surface area contributed by atoms with Gasteiger partial charge in [-0.15, -0.1) is 0 Å². The van der Waals surface area contributed by atoms with Gasteiger partial charge in [-0.2, -0.15) is 0 Å². The fourth-order valence-corrected chi connectivity index (χ4v) is 9.65. The summed E-state index contributed by atoms with van der Waals surface area (Å²) in [6.45, 7) is 4.13. The van der Waals surface area contributed by atoms with Crippen LogP contribution < -0.4 is 0 Å². The van der Waals surface area contributed by atoms with Crippen molar-refractivity contribution >= 4 is 19.8 Å². The van der Waals surface area contributed by atoms with E-state index in [-0.39, 0.29) is 26.1 Å². The number of phosphoric ester groups is 1. The SMILES string of the molecule is CC/C=C\C/C=C\C/C=C\C/C=C\C/C=C\C/C=C\C/C=C\C/C=C\C/C=C\CCCCCCCCCCCCCCCC(=O)OC(COC(=O)CCCC/C=C\C/C=C\C/C=C\C/C=C\C/C=C\C/C=C\C/C=C\C/C=C\CC)COP(=O)(O)OCC[N+](C)(C)C. The zero-order chi connectivity index (χ0) is 66.9.